The van der Waals surface area contributed by atoms with E-state index in [1.807, 2.05) is 24.3 Å². The summed E-state index contributed by atoms with van der Waals surface area (Å²) in [6.07, 6.45) is 2.33. The molecule has 0 bridgehead atoms. The van der Waals surface area contributed by atoms with Crippen LogP contribution in [0, 0.1) is 0 Å². The lowest BCUT2D eigenvalue weighted by Gasteiger charge is -2.13. The van der Waals surface area contributed by atoms with Crippen LogP contribution in [0.4, 0.5) is 0 Å². The molecule has 33 heavy (non-hydrogen) atoms. The number of hydrogen-bond acceptors (Lipinski definition) is 5. The summed E-state index contributed by atoms with van der Waals surface area (Å²) in [6, 6.07) is 19.2. The van der Waals surface area contributed by atoms with Gasteiger partial charge in [0.2, 0.25) is 10.0 Å². The Hall–Kier alpha value is -3.62. The van der Waals surface area contributed by atoms with E-state index in [2.05, 4.69) is 0 Å². The maximum absolute atomic E-state index is 13.3. The Bertz CT molecular complexity index is 1490. The molecule has 4 rings (SSSR count). The number of hydrogen-bond donors (Lipinski definition) is 1. The smallest absolute Gasteiger partial charge is 0.258 e. The van der Waals surface area contributed by atoms with Crippen LogP contribution in [0.5, 0.6) is 11.5 Å². The van der Waals surface area contributed by atoms with E-state index < -0.39 is 10.0 Å². The van der Waals surface area contributed by atoms with Crippen molar-refractivity contribution in [3.8, 4) is 22.6 Å². The zero-order valence-corrected chi connectivity index (χ0v) is 19.1. The van der Waals surface area contributed by atoms with Gasteiger partial charge in [-0.25, -0.2) is 13.6 Å². The highest BCUT2D eigenvalue weighted by Gasteiger charge is 2.15. The van der Waals surface area contributed by atoms with Gasteiger partial charge in [0.1, 0.15) is 11.5 Å². The van der Waals surface area contributed by atoms with E-state index in [0.717, 1.165) is 22.4 Å². The standard InChI is InChI=1S/C25H24N2O5S/c1-31-20-9-10-23(32-2)19(15-20)12-14-27-13-11-17-7-8-18(16-22(17)25(27)28)21-5-3-4-6-24(21)33(26,29)30/h3-11,13,15-16H,12,14H2,1-2H3,(H2,26,29,30). The fourth-order valence-electron chi connectivity index (χ4n) is 3.89. The van der Waals surface area contributed by atoms with Crippen LogP contribution in [0.1, 0.15) is 5.56 Å². The summed E-state index contributed by atoms with van der Waals surface area (Å²) in [5.74, 6) is 1.45. The molecule has 0 aliphatic carbocycles. The molecular weight excluding hydrogens is 440 g/mol. The molecule has 3 aromatic carbocycles. The molecule has 0 amide bonds. The number of benzene rings is 3. The molecule has 0 unspecified atom stereocenters. The molecular formula is C25H24N2O5S. The van der Waals surface area contributed by atoms with Gasteiger partial charge in [-0.3, -0.25) is 4.79 Å². The zero-order chi connectivity index (χ0) is 23.6. The number of aryl methyl sites for hydroxylation is 2. The van der Waals surface area contributed by atoms with Gasteiger partial charge in [-0.15, -0.1) is 0 Å². The van der Waals surface area contributed by atoms with Gasteiger partial charge in [-0.2, -0.15) is 0 Å². The van der Waals surface area contributed by atoms with E-state index in [9.17, 15) is 13.2 Å². The molecule has 2 N–H and O–H groups in total. The monoisotopic (exact) mass is 464 g/mol. The normalized spacial score (nSPS) is 11.5. The molecule has 0 radical (unpaired) electrons. The lowest BCUT2D eigenvalue weighted by atomic mass is 10.0. The Labute approximate surface area is 192 Å². The first kappa shape index (κ1) is 22.6. The van der Waals surface area contributed by atoms with Crippen LogP contribution >= 0.6 is 0 Å². The molecule has 170 valence electrons. The van der Waals surface area contributed by atoms with Crippen molar-refractivity contribution in [2.24, 2.45) is 5.14 Å². The van der Waals surface area contributed by atoms with Gasteiger partial charge in [0, 0.05) is 23.7 Å². The third kappa shape index (κ3) is 4.62. The number of rotatable bonds is 7. The third-order valence-corrected chi connectivity index (χ3v) is 6.56. The summed E-state index contributed by atoms with van der Waals surface area (Å²) >= 11 is 0. The van der Waals surface area contributed by atoms with Gasteiger partial charge in [0.25, 0.3) is 5.56 Å². The molecule has 0 atom stereocenters. The molecule has 0 saturated carbocycles. The first-order valence-electron chi connectivity index (χ1n) is 10.3. The molecule has 1 aromatic heterocycles. The minimum Gasteiger partial charge on any atom is -0.497 e. The lowest BCUT2D eigenvalue weighted by Crippen LogP contribution is -2.20. The van der Waals surface area contributed by atoms with Gasteiger partial charge in [0.15, 0.2) is 0 Å². The number of sulfonamides is 1. The first-order chi connectivity index (χ1) is 15.8. The Morgan fingerprint density at radius 1 is 0.939 bits per heavy atom. The molecule has 0 fully saturated rings. The fraction of sp³-hybridized carbons (Fsp3) is 0.160. The quantitative estimate of drug-likeness (QED) is 0.451. The van der Waals surface area contributed by atoms with E-state index in [-0.39, 0.29) is 10.5 Å². The summed E-state index contributed by atoms with van der Waals surface area (Å²) in [6.45, 7) is 0.441. The Morgan fingerprint density at radius 2 is 1.73 bits per heavy atom. The van der Waals surface area contributed by atoms with Crippen molar-refractivity contribution in [2.75, 3.05) is 14.2 Å². The van der Waals surface area contributed by atoms with Crippen LogP contribution in [0.3, 0.4) is 0 Å². The highest BCUT2D eigenvalue weighted by molar-refractivity contribution is 7.89. The van der Waals surface area contributed by atoms with Crippen LogP contribution < -0.4 is 20.2 Å². The number of primary sulfonamides is 1. The molecule has 4 aromatic rings. The molecule has 0 aliphatic rings. The molecule has 1 heterocycles. The molecule has 0 spiro atoms. The number of nitrogens with two attached hydrogens (primary N) is 1. The molecule has 8 heteroatoms. The number of pyridine rings is 1. The Balaban J connectivity index is 1.73. The third-order valence-electron chi connectivity index (χ3n) is 5.59. The van der Waals surface area contributed by atoms with Crippen molar-refractivity contribution in [1.29, 1.82) is 0 Å². The highest BCUT2D eigenvalue weighted by Crippen LogP contribution is 2.29. The van der Waals surface area contributed by atoms with Crippen molar-refractivity contribution in [1.82, 2.24) is 4.57 Å². The number of ether oxygens (including phenoxy) is 2. The van der Waals surface area contributed by atoms with E-state index >= 15 is 0 Å². The predicted molar refractivity (Wildman–Crippen MR) is 128 cm³/mol. The van der Waals surface area contributed by atoms with Gasteiger partial charge >= 0.3 is 0 Å². The van der Waals surface area contributed by atoms with E-state index in [0.29, 0.717) is 29.5 Å². The summed E-state index contributed by atoms with van der Waals surface area (Å²) in [7, 11) is -0.702. The van der Waals surface area contributed by atoms with Crippen molar-refractivity contribution < 1.29 is 17.9 Å². The molecule has 7 nitrogen and oxygen atoms in total. The van der Waals surface area contributed by atoms with Crippen LogP contribution in [0.25, 0.3) is 21.9 Å². The second-order valence-corrected chi connectivity index (χ2v) is 9.12. The second kappa shape index (κ2) is 9.09. The van der Waals surface area contributed by atoms with Crippen LogP contribution in [0.15, 0.2) is 82.6 Å². The van der Waals surface area contributed by atoms with Gasteiger partial charge in [-0.1, -0.05) is 30.3 Å². The fourth-order valence-corrected chi connectivity index (χ4v) is 4.66. The van der Waals surface area contributed by atoms with Crippen LogP contribution in [0.2, 0.25) is 0 Å². The van der Waals surface area contributed by atoms with E-state index in [1.165, 1.54) is 6.07 Å². The van der Waals surface area contributed by atoms with Crippen molar-refractivity contribution in [2.45, 2.75) is 17.9 Å². The first-order valence-corrected chi connectivity index (χ1v) is 11.8. The average Bonchev–Trinajstić information content (AvgIpc) is 2.82. The van der Waals surface area contributed by atoms with Crippen molar-refractivity contribution >= 4 is 20.8 Å². The minimum absolute atomic E-state index is 0.0192. The van der Waals surface area contributed by atoms with Gasteiger partial charge in [-0.05, 0) is 59.3 Å². The second-order valence-electron chi connectivity index (χ2n) is 7.59. The zero-order valence-electron chi connectivity index (χ0n) is 18.3. The number of fused-ring (bicyclic) bond motifs is 1. The summed E-state index contributed by atoms with van der Waals surface area (Å²) in [5.41, 5.74) is 1.83. The maximum Gasteiger partial charge on any atom is 0.258 e. The SMILES string of the molecule is COc1ccc(OC)c(CCn2ccc3ccc(-c4ccccc4S(N)(=O)=O)cc3c2=O)c1. The largest absolute Gasteiger partial charge is 0.497 e. The topological polar surface area (TPSA) is 101 Å². The Morgan fingerprint density at radius 3 is 2.45 bits per heavy atom. The molecule has 0 aliphatic heterocycles. The van der Waals surface area contributed by atoms with E-state index in [4.69, 9.17) is 14.6 Å². The minimum atomic E-state index is -3.91. The Kier molecular flexibility index (Phi) is 6.22. The summed E-state index contributed by atoms with van der Waals surface area (Å²) in [5, 5.41) is 6.66. The van der Waals surface area contributed by atoms with Gasteiger partial charge in [0.05, 0.1) is 19.1 Å². The number of methoxy groups -OCH3 is 2. The van der Waals surface area contributed by atoms with Crippen LogP contribution in [-0.2, 0) is 23.0 Å². The number of aromatic nitrogens is 1. The maximum atomic E-state index is 13.3. The van der Waals surface area contributed by atoms with Crippen molar-refractivity contribution in [3.05, 3.63) is 88.8 Å². The molecule has 0 saturated heterocycles. The lowest BCUT2D eigenvalue weighted by molar-refractivity contribution is 0.397. The summed E-state index contributed by atoms with van der Waals surface area (Å²) < 4.78 is 36.4. The predicted octanol–water partition coefficient (Wildman–Crippen LogP) is 3.58. The van der Waals surface area contributed by atoms with E-state index in [1.54, 1.807) is 61.4 Å². The van der Waals surface area contributed by atoms with Crippen molar-refractivity contribution in [3.63, 3.8) is 0 Å². The highest BCUT2D eigenvalue weighted by atomic mass is 32.2. The summed E-state index contributed by atoms with van der Waals surface area (Å²) in [4.78, 5) is 13.3. The average molecular weight is 465 g/mol. The number of nitrogens with zero attached hydrogens (tertiary/aromatic N) is 1. The van der Waals surface area contributed by atoms with Crippen LogP contribution in [-0.4, -0.2) is 27.2 Å². The van der Waals surface area contributed by atoms with Gasteiger partial charge < -0.3 is 14.0 Å².